The molecule has 2 aliphatic rings. The van der Waals surface area contributed by atoms with E-state index in [0.717, 1.165) is 37.6 Å². The highest BCUT2D eigenvalue weighted by Gasteiger charge is 2.47. The molecule has 0 bridgehead atoms. The van der Waals surface area contributed by atoms with Gasteiger partial charge in [-0.05, 0) is 45.0 Å². The summed E-state index contributed by atoms with van der Waals surface area (Å²) >= 11 is 0. The van der Waals surface area contributed by atoms with Gasteiger partial charge in [-0.1, -0.05) is 0 Å². The predicted octanol–water partition coefficient (Wildman–Crippen LogP) is 1.88. The van der Waals surface area contributed by atoms with Gasteiger partial charge in [0, 0.05) is 36.2 Å². The molecule has 0 aliphatic carbocycles. The summed E-state index contributed by atoms with van der Waals surface area (Å²) in [5.74, 6) is -1.84. The molecule has 2 saturated heterocycles. The molecule has 0 aromatic heterocycles. The van der Waals surface area contributed by atoms with Crippen molar-refractivity contribution >= 4 is 5.91 Å². The third kappa shape index (κ3) is 2.97. The lowest BCUT2D eigenvalue weighted by Gasteiger charge is -2.53. The van der Waals surface area contributed by atoms with E-state index in [9.17, 15) is 18.7 Å². The number of rotatable bonds is 2. The summed E-state index contributed by atoms with van der Waals surface area (Å²) < 4.78 is 26.7. The van der Waals surface area contributed by atoms with Crippen molar-refractivity contribution in [3.05, 3.63) is 35.4 Å². The lowest BCUT2D eigenvalue weighted by atomic mass is 9.69. The van der Waals surface area contributed by atoms with Gasteiger partial charge in [-0.3, -0.25) is 4.79 Å². The van der Waals surface area contributed by atoms with Gasteiger partial charge in [0.2, 0.25) is 0 Å². The van der Waals surface area contributed by atoms with Crippen LogP contribution in [-0.2, 0) is 0 Å². The quantitative estimate of drug-likeness (QED) is 0.903. The largest absolute Gasteiger partial charge is 0.396 e. The zero-order chi connectivity index (χ0) is 16.6. The molecule has 0 spiro atoms. The molecule has 2 heterocycles. The van der Waals surface area contributed by atoms with Crippen LogP contribution < -0.4 is 0 Å². The van der Waals surface area contributed by atoms with Gasteiger partial charge in [0.1, 0.15) is 11.6 Å². The Labute approximate surface area is 134 Å². The summed E-state index contributed by atoms with van der Waals surface area (Å²) in [6.45, 7) is 2.03. The molecule has 0 unspecified atom stereocenters. The fourth-order valence-electron chi connectivity index (χ4n) is 4.06. The van der Waals surface area contributed by atoms with E-state index < -0.39 is 11.6 Å². The van der Waals surface area contributed by atoms with E-state index in [0.29, 0.717) is 19.5 Å². The monoisotopic (exact) mass is 324 g/mol. The zero-order valence-corrected chi connectivity index (χ0v) is 13.3. The summed E-state index contributed by atoms with van der Waals surface area (Å²) in [5.41, 5.74) is -0.130. The van der Waals surface area contributed by atoms with Gasteiger partial charge in [0.05, 0.1) is 6.61 Å². The van der Waals surface area contributed by atoms with E-state index in [-0.39, 0.29) is 29.5 Å². The molecule has 0 radical (unpaired) electrons. The zero-order valence-electron chi connectivity index (χ0n) is 13.3. The van der Waals surface area contributed by atoms with Gasteiger partial charge in [-0.25, -0.2) is 8.78 Å². The number of likely N-dealkylation sites (tertiary alicyclic amines) is 2. The Bertz CT molecular complexity index is 590. The number of carbonyl (C=O) groups excluding carboxylic acids is 1. The van der Waals surface area contributed by atoms with Crippen molar-refractivity contribution in [3.8, 4) is 0 Å². The van der Waals surface area contributed by atoms with Crippen LogP contribution in [0.5, 0.6) is 0 Å². The average molecular weight is 324 g/mol. The number of hydrogen-bond acceptors (Lipinski definition) is 3. The molecule has 1 N–H and O–H groups in total. The van der Waals surface area contributed by atoms with Crippen LogP contribution >= 0.6 is 0 Å². The molecule has 0 saturated carbocycles. The number of nitrogens with zero attached hydrogens (tertiary/aromatic N) is 2. The minimum Gasteiger partial charge on any atom is -0.396 e. The van der Waals surface area contributed by atoms with Gasteiger partial charge in [-0.15, -0.1) is 0 Å². The van der Waals surface area contributed by atoms with Crippen LogP contribution in [0.3, 0.4) is 0 Å². The van der Waals surface area contributed by atoms with Crippen LogP contribution in [0, 0.1) is 17.0 Å². The van der Waals surface area contributed by atoms with E-state index in [4.69, 9.17) is 0 Å². The lowest BCUT2D eigenvalue weighted by Crippen LogP contribution is -2.62. The molecular weight excluding hydrogens is 302 g/mol. The number of hydrogen-bond donors (Lipinski definition) is 1. The predicted molar refractivity (Wildman–Crippen MR) is 82.0 cm³/mol. The Hall–Kier alpha value is -1.53. The third-order valence-electron chi connectivity index (χ3n) is 5.41. The lowest BCUT2D eigenvalue weighted by molar-refractivity contribution is -0.0601. The molecule has 2 atom stereocenters. The van der Waals surface area contributed by atoms with Crippen LogP contribution in [0.4, 0.5) is 8.78 Å². The molecule has 4 nitrogen and oxygen atoms in total. The Balaban J connectivity index is 1.81. The van der Waals surface area contributed by atoms with E-state index in [2.05, 4.69) is 4.90 Å². The van der Waals surface area contributed by atoms with Crippen molar-refractivity contribution < 1.29 is 18.7 Å². The molecule has 6 heteroatoms. The van der Waals surface area contributed by atoms with Gasteiger partial charge < -0.3 is 14.9 Å². The number of piperidine rings is 2. The maximum absolute atomic E-state index is 13.3. The smallest absolute Gasteiger partial charge is 0.254 e. The van der Waals surface area contributed by atoms with Crippen LogP contribution in [0.2, 0.25) is 0 Å². The molecule has 2 fully saturated rings. The summed E-state index contributed by atoms with van der Waals surface area (Å²) in [6, 6.07) is 2.99. The Kier molecular flexibility index (Phi) is 4.38. The van der Waals surface area contributed by atoms with Gasteiger partial charge >= 0.3 is 0 Å². The van der Waals surface area contributed by atoms with E-state index >= 15 is 0 Å². The number of halogens is 2. The first-order valence-electron chi connectivity index (χ1n) is 8.02. The highest BCUT2D eigenvalue weighted by molar-refractivity contribution is 5.94. The molecular formula is C17H22F2N2O2. The number of benzene rings is 1. The minimum absolute atomic E-state index is 0.0393. The second-order valence-corrected chi connectivity index (χ2v) is 6.78. The van der Waals surface area contributed by atoms with Crippen molar-refractivity contribution in [1.82, 2.24) is 9.80 Å². The molecule has 1 aromatic carbocycles. The van der Waals surface area contributed by atoms with Crippen LogP contribution in [-0.4, -0.2) is 60.1 Å². The van der Waals surface area contributed by atoms with Crippen molar-refractivity contribution in [3.63, 3.8) is 0 Å². The molecule has 2 aliphatic heterocycles. The van der Waals surface area contributed by atoms with Crippen LogP contribution in [0.15, 0.2) is 18.2 Å². The second kappa shape index (κ2) is 6.17. The molecule has 126 valence electrons. The van der Waals surface area contributed by atoms with Crippen molar-refractivity contribution in [1.29, 1.82) is 0 Å². The molecule has 3 rings (SSSR count). The molecule has 23 heavy (non-hydrogen) atoms. The Morgan fingerprint density at radius 3 is 2.61 bits per heavy atom. The number of amides is 1. The second-order valence-electron chi connectivity index (χ2n) is 6.78. The van der Waals surface area contributed by atoms with Gasteiger partial charge in [-0.2, -0.15) is 0 Å². The Morgan fingerprint density at radius 2 is 1.96 bits per heavy atom. The minimum atomic E-state index is -0.746. The maximum Gasteiger partial charge on any atom is 0.254 e. The number of likely N-dealkylation sites (N-methyl/N-ethyl adjacent to an activating group) is 1. The van der Waals surface area contributed by atoms with Crippen LogP contribution in [0.1, 0.15) is 29.6 Å². The van der Waals surface area contributed by atoms with E-state index in [1.54, 1.807) is 4.90 Å². The number of fused-ring (bicyclic) bond motifs is 1. The van der Waals surface area contributed by atoms with Crippen molar-refractivity contribution in [2.45, 2.75) is 25.3 Å². The highest BCUT2D eigenvalue weighted by atomic mass is 19.1. The molecule has 1 amide bonds. The van der Waals surface area contributed by atoms with Crippen LogP contribution in [0.25, 0.3) is 0 Å². The number of carbonyl (C=O) groups is 1. The maximum atomic E-state index is 13.3. The van der Waals surface area contributed by atoms with Gasteiger partial charge in [0.15, 0.2) is 0 Å². The van der Waals surface area contributed by atoms with Crippen molar-refractivity contribution in [2.24, 2.45) is 5.41 Å². The van der Waals surface area contributed by atoms with Gasteiger partial charge in [0.25, 0.3) is 5.91 Å². The highest BCUT2D eigenvalue weighted by Crippen LogP contribution is 2.41. The normalized spacial score (nSPS) is 28.5. The number of aliphatic hydroxyl groups is 1. The SMILES string of the molecule is CN1CCC[C@]2(CO)CCN(C(=O)c3cc(F)cc(F)c3)C[C@@H]12. The fourth-order valence-corrected chi connectivity index (χ4v) is 4.06. The van der Waals surface area contributed by atoms with E-state index in [1.807, 2.05) is 7.05 Å². The summed E-state index contributed by atoms with van der Waals surface area (Å²) in [6.07, 6.45) is 2.70. The standard InChI is InChI=1S/C17H22F2N2O2/c1-20-5-2-3-17(11-22)4-6-21(10-15(17)20)16(23)12-7-13(18)9-14(19)8-12/h7-9,15,22H,2-6,10-11H2,1H3/t15-,17-/m1/s1. The first kappa shape index (κ1) is 16.3. The first-order chi connectivity index (χ1) is 10.9. The van der Waals surface area contributed by atoms with E-state index in [1.165, 1.54) is 0 Å². The first-order valence-corrected chi connectivity index (χ1v) is 8.02. The Morgan fingerprint density at radius 1 is 1.26 bits per heavy atom. The molecule has 1 aromatic rings. The topological polar surface area (TPSA) is 43.8 Å². The summed E-state index contributed by atoms with van der Waals surface area (Å²) in [5, 5.41) is 9.88. The van der Waals surface area contributed by atoms with Crippen molar-refractivity contribution in [2.75, 3.05) is 33.3 Å². The third-order valence-corrected chi connectivity index (χ3v) is 5.41. The summed E-state index contributed by atoms with van der Waals surface area (Å²) in [4.78, 5) is 16.4. The number of aliphatic hydroxyl groups excluding tert-OH is 1. The fraction of sp³-hybridized carbons (Fsp3) is 0.588. The summed E-state index contributed by atoms with van der Waals surface area (Å²) in [7, 11) is 2.00. The average Bonchev–Trinajstić information content (AvgIpc) is 2.53.